The van der Waals surface area contributed by atoms with Crippen LogP contribution in [0.2, 0.25) is 0 Å². The van der Waals surface area contributed by atoms with Gasteiger partial charge in [-0.05, 0) is 30.2 Å². The zero-order valence-corrected chi connectivity index (χ0v) is 13.8. The van der Waals surface area contributed by atoms with Gasteiger partial charge in [0.1, 0.15) is 5.75 Å². The molecular formula is C15H25NO4S. The summed E-state index contributed by atoms with van der Waals surface area (Å²) in [4.78, 5) is 0.277. The van der Waals surface area contributed by atoms with E-state index in [-0.39, 0.29) is 17.4 Å². The van der Waals surface area contributed by atoms with Gasteiger partial charge in [0.05, 0.1) is 11.5 Å². The third kappa shape index (κ3) is 5.30. The zero-order chi connectivity index (χ0) is 15.9. The monoisotopic (exact) mass is 315 g/mol. The van der Waals surface area contributed by atoms with Crippen molar-refractivity contribution in [2.45, 2.75) is 32.1 Å². The molecule has 0 heterocycles. The maximum Gasteiger partial charge on any atom is 0.243 e. The van der Waals surface area contributed by atoms with E-state index < -0.39 is 10.0 Å². The summed E-state index contributed by atoms with van der Waals surface area (Å²) >= 11 is 0. The third-order valence-corrected chi connectivity index (χ3v) is 4.91. The van der Waals surface area contributed by atoms with Gasteiger partial charge in [-0.15, -0.1) is 0 Å². The molecule has 1 aromatic rings. The van der Waals surface area contributed by atoms with Crippen LogP contribution in [0.1, 0.15) is 27.2 Å². The van der Waals surface area contributed by atoms with E-state index in [1.54, 1.807) is 24.3 Å². The Bertz CT molecular complexity index is 511. The van der Waals surface area contributed by atoms with Gasteiger partial charge in [-0.2, -0.15) is 4.31 Å². The van der Waals surface area contributed by atoms with Crippen molar-refractivity contribution >= 4 is 10.0 Å². The summed E-state index contributed by atoms with van der Waals surface area (Å²) in [5.41, 5.74) is 0. The van der Waals surface area contributed by atoms with Crippen LogP contribution in [0.3, 0.4) is 0 Å². The largest absolute Gasteiger partial charge is 0.494 e. The minimum absolute atomic E-state index is 0.0765. The first-order chi connectivity index (χ1) is 9.91. The van der Waals surface area contributed by atoms with Crippen LogP contribution in [-0.2, 0) is 10.0 Å². The Balaban J connectivity index is 2.83. The number of benzene rings is 1. The van der Waals surface area contributed by atoms with E-state index in [0.29, 0.717) is 31.9 Å². The lowest BCUT2D eigenvalue weighted by Gasteiger charge is -2.22. The van der Waals surface area contributed by atoms with E-state index >= 15 is 0 Å². The first-order valence-corrected chi connectivity index (χ1v) is 8.69. The molecule has 0 amide bonds. The molecule has 1 aromatic carbocycles. The average molecular weight is 315 g/mol. The number of nitrogens with zero attached hydrogens (tertiary/aromatic N) is 1. The number of sulfonamides is 1. The SMILES string of the molecule is CCN(CC(C)C)S(=O)(=O)c1ccc(OCCCO)cc1. The van der Waals surface area contributed by atoms with Gasteiger partial charge in [0.2, 0.25) is 10.0 Å². The van der Waals surface area contributed by atoms with Gasteiger partial charge in [0.25, 0.3) is 0 Å². The number of ether oxygens (including phenoxy) is 1. The number of hydrogen-bond donors (Lipinski definition) is 1. The molecule has 0 spiro atoms. The molecule has 120 valence electrons. The van der Waals surface area contributed by atoms with E-state index in [0.717, 1.165) is 0 Å². The number of aliphatic hydroxyl groups is 1. The normalized spacial score (nSPS) is 12.1. The van der Waals surface area contributed by atoms with E-state index in [4.69, 9.17) is 9.84 Å². The lowest BCUT2D eigenvalue weighted by atomic mass is 10.2. The summed E-state index contributed by atoms with van der Waals surface area (Å²) in [5, 5.41) is 8.69. The second-order valence-electron chi connectivity index (χ2n) is 5.25. The van der Waals surface area contributed by atoms with E-state index in [1.807, 2.05) is 20.8 Å². The van der Waals surface area contributed by atoms with Crippen molar-refractivity contribution in [2.75, 3.05) is 26.3 Å². The fraction of sp³-hybridized carbons (Fsp3) is 0.600. The van der Waals surface area contributed by atoms with Crippen LogP contribution in [0.15, 0.2) is 29.2 Å². The Morgan fingerprint density at radius 2 is 1.86 bits per heavy atom. The van der Waals surface area contributed by atoms with E-state index in [2.05, 4.69) is 0 Å². The van der Waals surface area contributed by atoms with Crippen molar-refractivity contribution in [3.63, 3.8) is 0 Å². The minimum Gasteiger partial charge on any atom is -0.494 e. The van der Waals surface area contributed by atoms with Gasteiger partial charge >= 0.3 is 0 Å². The molecule has 0 saturated carbocycles. The fourth-order valence-corrected chi connectivity index (χ4v) is 3.53. The van der Waals surface area contributed by atoms with Crippen molar-refractivity contribution in [3.05, 3.63) is 24.3 Å². The maximum atomic E-state index is 12.5. The molecule has 0 radical (unpaired) electrons. The van der Waals surface area contributed by atoms with Crippen molar-refractivity contribution in [1.82, 2.24) is 4.31 Å². The molecule has 1 rings (SSSR count). The van der Waals surface area contributed by atoms with Crippen LogP contribution in [0, 0.1) is 5.92 Å². The molecule has 0 aliphatic heterocycles. The van der Waals surface area contributed by atoms with E-state index in [1.165, 1.54) is 4.31 Å². The van der Waals surface area contributed by atoms with Crippen LogP contribution < -0.4 is 4.74 Å². The predicted molar refractivity (Wildman–Crippen MR) is 82.9 cm³/mol. The number of rotatable bonds is 9. The van der Waals surface area contributed by atoms with Crippen LogP contribution in [0.4, 0.5) is 0 Å². The molecule has 0 aromatic heterocycles. The van der Waals surface area contributed by atoms with Gasteiger partial charge in [0, 0.05) is 26.1 Å². The molecular weight excluding hydrogens is 290 g/mol. The van der Waals surface area contributed by atoms with Gasteiger partial charge in [0.15, 0.2) is 0 Å². The highest BCUT2D eigenvalue weighted by Crippen LogP contribution is 2.20. The average Bonchev–Trinajstić information content (AvgIpc) is 2.45. The molecule has 0 atom stereocenters. The van der Waals surface area contributed by atoms with Crippen molar-refractivity contribution in [3.8, 4) is 5.75 Å². The Kier molecular flexibility index (Phi) is 7.14. The highest BCUT2D eigenvalue weighted by molar-refractivity contribution is 7.89. The van der Waals surface area contributed by atoms with Crippen molar-refractivity contribution in [1.29, 1.82) is 0 Å². The Morgan fingerprint density at radius 1 is 1.24 bits per heavy atom. The predicted octanol–water partition coefficient (Wildman–Crippen LogP) is 2.11. The third-order valence-electron chi connectivity index (χ3n) is 2.95. The molecule has 6 heteroatoms. The maximum absolute atomic E-state index is 12.5. The molecule has 1 N–H and O–H groups in total. The zero-order valence-electron chi connectivity index (χ0n) is 12.9. The Labute approximate surface area is 127 Å². The van der Waals surface area contributed by atoms with Crippen LogP contribution in [-0.4, -0.2) is 44.1 Å². The second-order valence-corrected chi connectivity index (χ2v) is 7.18. The molecule has 0 aliphatic carbocycles. The highest BCUT2D eigenvalue weighted by atomic mass is 32.2. The van der Waals surface area contributed by atoms with Gasteiger partial charge in [-0.1, -0.05) is 20.8 Å². The summed E-state index contributed by atoms with van der Waals surface area (Å²) < 4.78 is 31.9. The summed E-state index contributed by atoms with van der Waals surface area (Å²) in [6.45, 7) is 7.28. The molecule has 21 heavy (non-hydrogen) atoms. The lowest BCUT2D eigenvalue weighted by Crippen LogP contribution is -2.34. The summed E-state index contributed by atoms with van der Waals surface area (Å²) in [7, 11) is -3.45. The summed E-state index contributed by atoms with van der Waals surface area (Å²) in [5.74, 6) is 0.884. The molecule has 0 bridgehead atoms. The second kappa shape index (κ2) is 8.36. The molecule has 0 unspecified atom stereocenters. The number of aliphatic hydroxyl groups excluding tert-OH is 1. The fourth-order valence-electron chi connectivity index (χ4n) is 1.92. The Morgan fingerprint density at radius 3 is 2.33 bits per heavy atom. The summed E-state index contributed by atoms with van der Waals surface area (Å²) in [6.07, 6.45) is 0.554. The molecule has 0 aliphatic rings. The summed E-state index contributed by atoms with van der Waals surface area (Å²) in [6, 6.07) is 6.42. The van der Waals surface area contributed by atoms with E-state index in [9.17, 15) is 8.42 Å². The number of hydrogen-bond acceptors (Lipinski definition) is 4. The van der Waals surface area contributed by atoms with Crippen LogP contribution in [0.25, 0.3) is 0 Å². The van der Waals surface area contributed by atoms with Crippen LogP contribution >= 0.6 is 0 Å². The molecule has 5 nitrogen and oxygen atoms in total. The highest BCUT2D eigenvalue weighted by Gasteiger charge is 2.23. The molecule has 0 saturated heterocycles. The van der Waals surface area contributed by atoms with Gasteiger partial charge < -0.3 is 9.84 Å². The van der Waals surface area contributed by atoms with Gasteiger partial charge in [-0.3, -0.25) is 0 Å². The smallest absolute Gasteiger partial charge is 0.243 e. The van der Waals surface area contributed by atoms with Crippen LogP contribution in [0.5, 0.6) is 5.75 Å². The first kappa shape index (κ1) is 17.9. The van der Waals surface area contributed by atoms with Gasteiger partial charge in [-0.25, -0.2) is 8.42 Å². The quantitative estimate of drug-likeness (QED) is 0.709. The first-order valence-electron chi connectivity index (χ1n) is 7.25. The Hall–Kier alpha value is -1.11. The van der Waals surface area contributed by atoms with Crippen molar-refractivity contribution in [2.24, 2.45) is 5.92 Å². The standard InChI is InChI=1S/C15H25NO4S/c1-4-16(12-13(2)3)21(18,19)15-8-6-14(7-9-15)20-11-5-10-17/h6-9,13,17H,4-5,10-12H2,1-3H3. The molecule has 0 fully saturated rings. The van der Waals surface area contributed by atoms with Crippen molar-refractivity contribution < 1.29 is 18.3 Å². The minimum atomic E-state index is -3.45. The lowest BCUT2D eigenvalue weighted by molar-refractivity contribution is 0.233. The topological polar surface area (TPSA) is 66.8 Å².